The van der Waals surface area contributed by atoms with E-state index in [1.807, 2.05) is 36.7 Å². The van der Waals surface area contributed by atoms with Gasteiger partial charge in [-0.2, -0.15) is 0 Å². The first-order chi connectivity index (χ1) is 32.2. The molecule has 5 nitrogen and oxygen atoms in total. The molecule has 8 aromatic carbocycles. The molecule has 0 radical (unpaired) electrons. The quantitative estimate of drug-likeness (QED) is 0.130. The monoisotopic (exact) mass is 833 g/mol. The molecule has 0 atom stereocenters. The van der Waals surface area contributed by atoms with Gasteiger partial charge in [0.25, 0.3) is 0 Å². The van der Waals surface area contributed by atoms with Gasteiger partial charge in [-0.3, -0.25) is 9.38 Å². The summed E-state index contributed by atoms with van der Waals surface area (Å²) in [5.74, 6) is 0. The number of imidazole rings is 1. The topological polar surface area (TPSA) is 36.7 Å². The molecule has 0 saturated heterocycles. The summed E-state index contributed by atoms with van der Waals surface area (Å²) in [6.07, 6.45) is 5.80. The Bertz CT molecular complexity index is 3210. The SMILES string of the molecule is c1ccc(-c2ccc(N(c3ccc(-c4ccccc4)cc3)c3ccc(-c4ccc(N(c5ccc(-c6nc7ccccn7c6-c6ccccc6)cc5)c5cccnc5)cc4)cc3)cc2)cc1. The molecular weight excluding hydrogens is 791 g/mol. The van der Waals surface area contributed by atoms with Crippen molar-refractivity contribution in [3.05, 3.63) is 261 Å². The minimum atomic E-state index is 0.914. The molecule has 65 heavy (non-hydrogen) atoms. The van der Waals surface area contributed by atoms with Crippen LogP contribution < -0.4 is 9.80 Å². The molecular formula is C60H43N5. The van der Waals surface area contributed by atoms with Gasteiger partial charge < -0.3 is 9.80 Å². The lowest BCUT2D eigenvalue weighted by Gasteiger charge is -2.26. The van der Waals surface area contributed by atoms with E-state index in [2.05, 4.69) is 244 Å². The van der Waals surface area contributed by atoms with E-state index in [4.69, 9.17) is 4.98 Å². The highest BCUT2D eigenvalue weighted by Gasteiger charge is 2.19. The van der Waals surface area contributed by atoms with Crippen molar-refractivity contribution in [2.75, 3.05) is 9.80 Å². The Morgan fingerprint density at radius 2 is 0.662 bits per heavy atom. The molecule has 0 saturated carbocycles. The highest BCUT2D eigenvalue weighted by atomic mass is 15.2. The summed E-state index contributed by atoms with van der Waals surface area (Å²) in [5.41, 5.74) is 18.4. The Morgan fingerprint density at radius 1 is 0.292 bits per heavy atom. The minimum absolute atomic E-state index is 0.914. The zero-order chi connectivity index (χ0) is 43.4. The van der Waals surface area contributed by atoms with Gasteiger partial charge >= 0.3 is 0 Å². The molecule has 11 rings (SSSR count). The number of rotatable bonds is 11. The van der Waals surface area contributed by atoms with Crippen LogP contribution in [0.3, 0.4) is 0 Å². The fourth-order valence-electron chi connectivity index (χ4n) is 8.69. The van der Waals surface area contributed by atoms with Crippen LogP contribution in [-0.2, 0) is 0 Å². The van der Waals surface area contributed by atoms with Gasteiger partial charge in [-0.1, -0.05) is 158 Å². The molecule has 0 spiro atoms. The number of benzene rings is 8. The summed E-state index contributed by atoms with van der Waals surface area (Å²) >= 11 is 0. The maximum absolute atomic E-state index is 5.10. The molecule has 3 heterocycles. The lowest BCUT2D eigenvalue weighted by atomic mass is 10.0. The van der Waals surface area contributed by atoms with Crippen molar-refractivity contribution in [1.29, 1.82) is 0 Å². The second-order valence-corrected chi connectivity index (χ2v) is 16.0. The Morgan fingerprint density at radius 3 is 1.08 bits per heavy atom. The van der Waals surface area contributed by atoms with Crippen molar-refractivity contribution in [2.24, 2.45) is 0 Å². The van der Waals surface area contributed by atoms with Crippen molar-refractivity contribution in [3.8, 4) is 55.9 Å². The van der Waals surface area contributed by atoms with Crippen LogP contribution in [0.5, 0.6) is 0 Å². The summed E-state index contributed by atoms with van der Waals surface area (Å²) in [7, 11) is 0. The second kappa shape index (κ2) is 17.5. The van der Waals surface area contributed by atoms with Crippen LogP contribution >= 0.6 is 0 Å². The Hall–Kier alpha value is -8.80. The van der Waals surface area contributed by atoms with E-state index in [-0.39, 0.29) is 0 Å². The van der Waals surface area contributed by atoms with E-state index in [9.17, 15) is 0 Å². The van der Waals surface area contributed by atoms with Gasteiger partial charge in [0.1, 0.15) is 5.65 Å². The van der Waals surface area contributed by atoms with Crippen LogP contribution in [0, 0.1) is 0 Å². The molecule has 0 bridgehead atoms. The molecule has 0 aliphatic heterocycles. The molecule has 0 N–H and O–H groups in total. The number of pyridine rings is 2. The average molecular weight is 834 g/mol. The maximum atomic E-state index is 5.10. The average Bonchev–Trinajstić information content (AvgIpc) is 3.79. The third-order valence-electron chi connectivity index (χ3n) is 11.9. The van der Waals surface area contributed by atoms with E-state index in [1.54, 1.807) is 0 Å². The smallest absolute Gasteiger partial charge is 0.137 e. The van der Waals surface area contributed by atoms with Crippen LogP contribution in [0.25, 0.3) is 61.5 Å². The zero-order valence-electron chi connectivity index (χ0n) is 35.6. The van der Waals surface area contributed by atoms with Gasteiger partial charge in [0.05, 0.1) is 23.3 Å². The van der Waals surface area contributed by atoms with E-state index >= 15 is 0 Å². The molecule has 0 aliphatic rings. The Balaban J connectivity index is 0.896. The van der Waals surface area contributed by atoms with E-state index in [0.717, 1.165) is 73.4 Å². The molecule has 0 unspecified atom stereocenters. The van der Waals surface area contributed by atoms with E-state index in [0.29, 0.717) is 0 Å². The number of hydrogen-bond donors (Lipinski definition) is 0. The first-order valence-corrected chi connectivity index (χ1v) is 21.9. The summed E-state index contributed by atoms with van der Waals surface area (Å²) in [6, 6.07) is 85.7. The normalized spacial score (nSPS) is 11.1. The molecule has 0 amide bonds. The predicted octanol–water partition coefficient (Wildman–Crippen LogP) is 16.0. The predicted molar refractivity (Wildman–Crippen MR) is 270 cm³/mol. The largest absolute Gasteiger partial charge is 0.311 e. The Labute approximate surface area is 379 Å². The molecule has 3 aromatic heterocycles. The number of anilines is 6. The molecule has 0 aliphatic carbocycles. The molecule has 308 valence electrons. The lowest BCUT2D eigenvalue weighted by Crippen LogP contribution is -2.10. The van der Waals surface area contributed by atoms with Crippen molar-refractivity contribution < 1.29 is 0 Å². The first kappa shape index (κ1) is 39.1. The molecule has 0 fully saturated rings. The number of hydrogen-bond acceptors (Lipinski definition) is 4. The fourth-order valence-corrected chi connectivity index (χ4v) is 8.69. The number of nitrogens with zero attached hydrogens (tertiary/aromatic N) is 5. The fraction of sp³-hybridized carbons (Fsp3) is 0. The zero-order valence-corrected chi connectivity index (χ0v) is 35.6. The van der Waals surface area contributed by atoms with Crippen LogP contribution in [-0.4, -0.2) is 14.4 Å². The van der Waals surface area contributed by atoms with Crippen LogP contribution in [0.15, 0.2) is 261 Å². The van der Waals surface area contributed by atoms with Crippen molar-refractivity contribution in [2.45, 2.75) is 0 Å². The Kier molecular flexibility index (Phi) is 10.5. The molecule has 5 heteroatoms. The van der Waals surface area contributed by atoms with Crippen molar-refractivity contribution in [1.82, 2.24) is 14.4 Å². The third kappa shape index (κ3) is 7.95. The van der Waals surface area contributed by atoms with Gasteiger partial charge in [-0.15, -0.1) is 0 Å². The van der Waals surface area contributed by atoms with E-state index in [1.165, 1.54) is 22.3 Å². The standard InChI is InChI=1S/C60H43N5/c1-4-13-44(14-5-1)46-21-31-52(32-22-46)64(53-33-23-47(24-34-53)45-15-6-2-7-16-45)54-35-25-48(26-36-54)49-27-37-55(38-28-49)65(57-19-12-41-61-43-57)56-39-29-50(30-40-56)59-60(51-17-8-3-9-18-51)63-42-11-10-20-58(63)62-59/h1-43H. The lowest BCUT2D eigenvalue weighted by molar-refractivity contribution is 1.19. The summed E-state index contributed by atoms with van der Waals surface area (Å²) in [4.78, 5) is 14.2. The second-order valence-electron chi connectivity index (χ2n) is 16.0. The third-order valence-corrected chi connectivity index (χ3v) is 11.9. The maximum Gasteiger partial charge on any atom is 0.137 e. The van der Waals surface area contributed by atoms with Gasteiger partial charge in [0, 0.05) is 52.0 Å². The number of aromatic nitrogens is 3. The van der Waals surface area contributed by atoms with Gasteiger partial charge in [0.15, 0.2) is 0 Å². The summed E-state index contributed by atoms with van der Waals surface area (Å²) in [6.45, 7) is 0. The highest BCUT2D eigenvalue weighted by molar-refractivity contribution is 5.85. The molecule has 11 aromatic rings. The van der Waals surface area contributed by atoms with Crippen molar-refractivity contribution >= 4 is 39.8 Å². The van der Waals surface area contributed by atoms with Gasteiger partial charge in [0.2, 0.25) is 0 Å². The summed E-state index contributed by atoms with van der Waals surface area (Å²) < 4.78 is 2.17. The summed E-state index contributed by atoms with van der Waals surface area (Å²) in [5, 5.41) is 0. The van der Waals surface area contributed by atoms with Crippen molar-refractivity contribution in [3.63, 3.8) is 0 Å². The first-order valence-electron chi connectivity index (χ1n) is 21.9. The van der Waals surface area contributed by atoms with Crippen LogP contribution in [0.4, 0.5) is 34.1 Å². The van der Waals surface area contributed by atoms with Gasteiger partial charge in [-0.05, 0) is 118 Å². The minimum Gasteiger partial charge on any atom is -0.311 e. The van der Waals surface area contributed by atoms with Gasteiger partial charge in [-0.25, -0.2) is 4.98 Å². The van der Waals surface area contributed by atoms with E-state index < -0.39 is 0 Å². The highest BCUT2D eigenvalue weighted by Crippen LogP contribution is 2.40. The number of fused-ring (bicyclic) bond motifs is 1. The van der Waals surface area contributed by atoms with Crippen LogP contribution in [0.1, 0.15) is 0 Å². The van der Waals surface area contributed by atoms with Crippen LogP contribution in [0.2, 0.25) is 0 Å².